The van der Waals surface area contributed by atoms with Crippen molar-refractivity contribution in [1.29, 1.82) is 0 Å². The Morgan fingerprint density at radius 1 is 0.950 bits per heavy atom. The fourth-order valence-electron chi connectivity index (χ4n) is 4.25. The van der Waals surface area contributed by atoms with E-state index in [-0.39, 0.29) is 36.3 Å². The number of carbonyl (C=O) groups is 2. The molecule has 0 bridgehead atoms. The van der Waals surface area contributed by atoms with Gasteiger partial charge in [0, 0.05) is 19.5 Å². The van der Waals surface area contributed by atoms with Crippen molar-refractivity contribution in [3.63, 3.8) is 0 Å². The van der Waals surface area contributed by atoms with E-state index in [4.69, 9.17) is 9.47 Å². The summed E-state index contributed by atoms with van der Waals surface area (Å²) in [5, 5.41) is 3.04. The fraction of sp³-hybridized carbons (Fsp3) is 0.394. The van der Waals surface area contributed by atoms with Crippen molar-refractivity contribution < 1.29 is 19.1 Å². The second kappa shape index (κ2) is 14.4. The molecule has 0 heterocycles. The topological polar surface area (TPSA) is 67.9 Å². The molecule has 0 aliphatic rings. The molecule has 1 atom stereocenters. The van der Waals surface area contributed by atoms with Gasteiger partial charge in [-0.1, -0.05) is 83.1 Å². The van der Waals surface area contributed by atoms with Crippen LogP contribution in [0.5, 0.6) is 11.5 Å². The van der Waals surface area contributed by atoms with Gasteiger partial charge >= 0.3 is 0 Å². The molecule has 0 unspecified atom stereocenters. The lowest BCUT2D eigenvalue weighted by Crippen LogP contribution is -2.52. The minimum atomic E-state index is -0.727. The Morgan fingerprint density at radius 3 is 2.27 bits per heavy atom. The van der Waals surface area contributed by atoms with Crippen LogP contribution in [-0.4, -0.2) is 43.0 Å². The van der Waals surface area contributed by atoms with Crippen LogP contribution in [-0.2, 0) is 28.0 Å². The van der Waals surface area contributed by atoms with Crippen molar-refractivity contribution in [3.8, 4) is 11.5 Å². The monoisotopic (exact) mass is 608 g/mol. The number of ether oxygens (including phenoxy) is 2. The van der Waals surface area contributed by atoms with E-state index < -0.39 is 6.04 Å². The maximum atomic E-state index is 13.9. The quantitative estimate of drug-likeness (QED) is 0.253. The van der Waals surface area contributed by atoms with E-state index in [2.05, 4.69) is 42.0 Å². The summed E-state index contributed by atoms with van der Waals surface area (Å²) in [4.78, 5) is 29.1. The van der Waals surface area contributed by atoms with Crippen molar-refractivity contribution in [1.82, 2.24) is 10.2 Å². The Bertz CT molecular complexity index is 1270. The van der Waals surface area contributed by atoms with Gasteiger partial charge in [-0.3, -0.25) is 9.59 Å². The number of hydrogen-bond donors (Lipinski definition) is 1. The Morgan fingerprint density at radius 2 is 1.65 bits per heavy atom. The van der Waals surface area contributed by atoms with Gasteiger partial charge in [0.25, 0.3) is 5.91 Å². The Balaban J connectivity index is 1.92. The van der Waals surface area contributed by atoms with Crippen molar-refractivity contribution in [2.75, 3.05) is 20.3 Å². The molecule has 1 N–H and O–H groups in total. The van der Waals surface area contributed by atoms with Crippen LogP contribution in [0, 0.1) is 5.92 Å². The lowest BCUT2D eigenvalue weighted by molar-refractivity contribution is -0.142. The molecule has 214 valence electrons. The predicted octanol–water partition coefficient (Wildman–Crippen LogP) is 6.55. The molecule has 0 saturated carbocycles. The van der Waals surface area contributed by atoms with Crippen LogP contribution in [0.2, 0.25) is 0 Å². The number of amides is 2. The maximum Gasteiger partial charge on any atom is 0.261 e. The number of methoxy groups -OCH3 is 1. The van der Waals surface area contributed by atoms with E-state index >= 15 is 0 Å². The third-order valence-electron chi connectivity index (χ3n) is 6.59. The lowest BCUT2D eigenvalue weighted by Gasteiger charge is -2.32. The van der Waals surface area contributed by atoms with Crippen molar-refractivity contribution in [2.24, 2.45) is 5.92 Å². The zero-order chi connectivity index (χ0) is 29.3. The summed E-state index contributed by atoms with van der Waals surface area (Å²) >= 11 is 3.60. The van der Waals surface area contributed by atoms with Crippen LogP contribution in [0.25, 0.3) is 0 Å². The summed E-state index contributed by atoms with van der Waals surface area (Å²) in [5.41, 5.74) is 2.97. The van der Waals surface area contributed by atoms with Gasteiger partial charge in [0.15, 0.2) is 6.61 Å². The van der Waals surface area contributed by atoms with E-state index in [9.17, 15) is 9.59 Å². The number of carbonyl (C=O) groups excluding carboxylic acids is 2. The highest BCUT2D eigenvalue weighted by Gasteiger charge is 2.31. The average Bonchev–Trinajstić information content (AvgIpc) is 2.92. The number of nitrogens with zero attached hydrogens (tertiary/aromatic N) is 1. The van der Waals surface area contributed by atoms with Crippen LogP contribution in [0.3, 0.4) is 0 Å². The summed E-state index contributed by atoms with van der Waals surface area (Å²) in [5.74, 6) is 1.07. The minimum absolute atomic E-state index is 0.0155. The van der Waals surface area contributed by atoms with Gasteiger partial charge in [-0.15, -0.1) is 0 Å². The van der Waals surface area contributed by atoms with E-state index in [1.165, 1.54) is 0 Å². The SMILES string of the molecule is COc1cccc(CN(C(=O)COc2ccc(C(C)(C)C)cc2Br)[C@@H](Cc2ccccc2)C(=O)NCC(C)C)c1. The van der Waals surface area contributed by atoms with Gasteiger partial charge in [-0.25, -0.2) is 0 Å². The molecule has 40 heavy (non-hydrogen) atoms. The molecule has 2 amide bonds. The summed E-state index contributed by atoms with van der Waals surface area (Å²) < 4.78 is 12.2. The standard InChI is InChI=1S/C33H41BrN2O4/c1-23(2)20-35-32(38)29(18-24-11-8-7-9-12-24)36(21-25-13-10-14-27(17-25)39-6)31(37)22-40-30-16-15-26(19-28(30)34)33(3,4)5/h7-17,19,23,29H,18,20-22H2,1-6H3,(H,35,38)/t29-/m0/s1. The zero-order valence-electron chi connectivity index (χ0n) is 24.4. The molecule has 0 radical (unpaired) electrons. The molecule has 0 spiro atoms. The highest BCUT2D eigenvalue weighted by Crippen LogP contribution is 2.31. The summed E-state index contributed by atoms with van der Waals surface area (Å²) in [6.45, 7) is 11.1. The molecule has 0 aliphatic carbocycles. The molecule has 0 aromatic heterocycles. The number of hydrogen-bond acceptors (Lipinski definition) is 4. The first kappa shape index (κ1) is 31.2. The van der Waals surface area contributed by atoms with E-state index in [1.807, 2.05) is 86.6 Å². The van der Waals surface area contributed by atoms with E-state index in [0.717, 1.165) is 21.2 Å². The summed E-state index contributed by atoms with van der Waals surface area (Å²) in [6, 6.07) is 22.5. The van der Waals surface area contributed by atoms with Crippen LogP contribution in [0.1, 0.15) is 51.3 Å². The minimum Gasteiger partial charge on any atom is -0.497 e. The lowest BCUT2D eigenvalue weighted by atomic mass is 9.87. The molecular formula is C33H41BrN2O4. The van der Waals surface area contributed by atoms with Gasteiger partial charge in [0.2, 0.25) is 5.91 Å². The van der Waals surface area contributed by atoms with Crippen LogP contribution < -0.4 is 14.8 Å². The first-order chi connectivity index (χ1) is 19.0. The number of halogens is 1. The molecule has 3 aromatic carbocycles. The number of nitrogens with one attached hydrogen (secondary N) is 1. The van der Waals surface area contributed by atoms with Gasteiger partial charge in [-0.05, 0) is 68.2 Å². The van der Waals surface area contributed by atoms with Gasteiger partial charge < -0.3 is 19.7 Å². The molecule has 0 fully saturated rings. The Labute approximate surface area is 247 Å². The van der Waals surface area contributed by atoms with Crippen LogP contribution in [0.4, 0.5) is 0 Å². The second-order valence-electron chi connectivity index (χ2n) is 11.4. The largest absolute Gasteiger partial charge is 0.497 e. The van der Waals surface area contributed by atoms with Gasteiger partial charge in [0.1, 0.15) is 17.5 Å². The Kier molecular flexibility index (Phi) is 11.2. The molecule has 3 aromatic rings. The van der Waals surface area contributed by atoms with E-state index in [0.29, 0.717) is 24.5 Å². The number of benzene rings is 3. The second-order valence-corrected chi connectivity index (χ2v) is 12.3. The van der Waals surface area contributed by atoms with Crippen molar-refractivity contribution in [3.05, 3.63) is 94.0 Å². The molecule has 0 aliphatic heterocycles. The highest BCUT2D eigenvalue weighted by atomic mass is 79.9. The number of rotatable bonds is 12. The normalized spacial score (nSPS) is 12.1. The summed E-state index contributed by atoms with van der Waals surface area (Å²) in [7, 11) is 1.61. The summed E-state index contributed by atoms with van der Waals surface area (Å²) in [6.07, 6.45) is 0.379. The van der Waals surface area contributed by atoms with Gasteiger partial charge in [-0.2, -0.15) is 0 Å². The molecule has 0 saturated heterocycles. The van der Waals surface area contributed by atoms with E-state index in [1.54, 1.807) is 12.0 Å². The molecular weight excluding hydrogens is 568 g/mol. The van der Waals surface area contributed by atoms with Gasteiger partial charge in [0.05, 0.1) is 11.6 Å². The fourth-order valence-corrected chi connectivity index (χ4v) is 4.74. The maximum absolute atomic E-state index is 13.9. The molecule has 6 nitrogen and oxygen atoms in total. The first-order valence-electron chi connectivity index (χ1n) is 13.6. The Hall–Kier alpha value is -3.32. The first-order valence-corrected chi connectivity index (χ1v) is 14.4. The molecule has 3 rings (SSSR count). The van der Waals surface area contributed by atoms with Crippen LogP contribution >= 0.6 is 15.9 Å². The molecule has 7 heteroatoms. The third kappa shape index (κ3) is 9.12. The third-order valence-corrected chi connectivity index (χ3v) is 7.21. The van der Waals surface area contributed by atoms with Crippen LogP contribution in [0.15, 0.2) is 77.3 Å². The average molecular weight is 610 g/mol. The van der Waals surface area contributed by atoms with Crippen molar-refractivity contribution in [2.45, 2.75) is 59.0 Å². The highest BCUT2D eigenvalue weighted by molar-refractivity contribution is 9.10. The zero-order valence-corrected chi connectivity index (χ0v) is 26.0. The van der Waals surface area contributed by atoms with Crippen molar-refractivity contribution >= 4 is 27.7 Å². The predicted molar refractivity (Wildman–Crippen MR) is 164 cm³/mol. The smallest absolute Gasteiger partial charge is 0.261 e.